The third kappa shape index (κ3) is 9.19. The number of aryl methyl sites for hydroxylation is 2. The molecule has 0 unspecified atom stereocenters. The SMILES string of the molecule is CCCCCC(=O)N1CCN(Cc2ccc(-c3cc(C(=O)NCc4c(C)cc(C)[nH]c4=O)c(C)c(N(CC)C4CCOCC4)c3)cc2)CC1. The van der Waals surface area contributed by atoms with Crippen LogP contribution >= 0.6 is 0 Å². The molecule has 9 heteroatoms. The highest BCUT2D eigenvalue weighted by molar-refractivity contribution is 5.99. The Balaban J connectivity index is 1.35. The number of ether oxygens (including phenoxy) is 1. The van der Waals surface area contributed by atoms with Gasteiger partial charge in [-0.15, -0.1) is 0 Å². The first kappa shape index (κ1) is 36.3. The van der Waals surface area contributed by atoms with Gasteiger partial charge in [0.1, 0.15) is 0 Å². The Morgan fingerprint density at radius 1 is 0.939 bits per heavy atom. The molecule has 0 aliphatic carbocycles. The number of piperazine rings is 1. The molecular formula is C40H55N5O4. The molecule has 2 fully saturated rings. The molecule has 2 aliphatic heterocycles. The lowest BCUT2D eigenvalue weighted by atomic mass is 9.94. The van der Waals surface area contributed by atoms with E-state index in [1.807, 2.05) is 37.8 Å². The summed E-state index contributed by atoms with van der Waals surface area (Å²) in [6.45, 7) is 16.8. The molecule has 0 bridgehead atoms. The smallest absolute Gasteiger partial charge is 0.253 e. The summed E-state index contributed by atoms with van der Waals surface area (Å²) in [4.78, 5) is 48.8. The van der Waals surface area contributed by atoms with Crippen LogP contribution in [0.3, 0.4) is 0 Å². The average Bonchev–Trinajstić information content (AvgIpc) is 3.10. The molecule has 49 heavy (non-hydrogen) atoms. The Hall–Kier alpha value is -3.95. The highest BCUT2D eigenvalue weighted by Crippen LogP contribution is 2.34. The standard InChI is InChI=1S/C40H55N5O4/c1-6-8-9-10-38(46)44-19-17-43(18-20-44)27-31-11-13-32(14-12-31)33-24-35(39(47)41-26-36-28(3)23-29(4)42-40(36)48)30(5)37(25-33)45(7-2)34-15-21-49-22-16-34/h11-14,23-25,34H,6-10,15-22,26-27H2,1-5H3,(H,41,47)(H,42,48). The summed E-state index contributed by atoms with van der Waals surface area (Å²) >= 11 is 0. The number of carbonyl (C=O) groups excluding carboxylic acids is 2. The van der Waals surface area contributed by atoms with Crippen LogP contribution in [0.25, 0.3) is 11.1 Å². The predicted octanol–water partition coefficient (Wildman–Crippen LogP) is 6.13. The molecule has 2 aliphatic rings. The van der Waals surface area contributed by atoms with Gasteiger partial charge in [0.2, 0.25) is 5.91 Å². The number of hydrogen-bond acceptors (Lipinski definition) is 6. The van der Waals surface area contributed by atoms with Crippen LogP contribution in [0.15, 0.2) is 47.3 Å². The van der Waals surface area contributed by atoms with E-state index in [2.05, 4.69) is 64.3 Å². The van der Waals surface area contributed by atoms with E-state index < -0.39 is 0 Å². The second-order valence-corrected chi connectivity index (χ2v) is 13.7. The van der Waals surface area contributed by atoms with Gasteiger partial charge in [-0.1, -0.05) is 44.0 Å². The number of aromatic nitrogens is 1. The van der Waals surface area contributed by atoms with Gasteiger partial charge in [0, 0.05) is 94.0 Å². The van der Waals surface area contributed by atoms with E-state index in [-0.39, 0.29) is 18.0 Å². The number of rotatable bonds is 13. The maximum atomic E-state index is 13.9. The first-order valence-corrected chi connectivity index (χ1v) is 18.2. The van der Waals surface area contributed by atoms with Crippen LogP contribution in [0.4, 0.5) is 5.69 Å². The summed E-state index contributed by atoms with van der Waals surface area (Å²) in [5, 5.41) is 3.05. The van der Waals surface area contributed by atoms with Crippen molar-refractivity contribution in [3.05, 3.63) is 86.3 Å². The van der Waals surface area contributed by atoms with E-state index >= 15 is 0 Å². The van der Waals surface area contributed by atoms with Gasteiger partial charge < -0.3 is 24.8 Å². The lowest BCUT2D eigenvalue weighted by Crippen LogP contribution is -2.48. The third-order valence-corrected chi connectivity index (χ3v) is 10.2. The zero-order chi connectivity index (χ0) is 34.9. The van der Waals surface area contributed by atoms with E-state index in [1.165, 1.54) is 5.56 Å². The van der Waals surface area contributed by atoms with Crippen molar-refractivity contribution in [3.63, 3.8) is 0 Å². The number of aromatic amines is 1. The molecule has 1 aromatic heterocycles. The van der Waals surface area contributed by atoms with Gasteiger partial charge in [0.05, 0.1) is 0 Å². The highest BCUT2D eigenvalue weighted by atomic mass is 16.5. The van der Waals surface area contributed by atoms with E-state index in [1.54, 1.807) is 0 Å². The van der Waals surface area contributed by atoms with Crippen LogP contribution in [-0.4, -0.2) is 78.6 Å². The van der Waals surface area contributed by atoms with Crippen molar-refractivity contribution in [1.29, 1.82) is 0 Å². The fourth-order valence-corrected chi connectivity index (χ4v) is 7.29. The lowest BCUT2D eigenvalue weighted by molar-refractivity contribution is -0.133. The number of anilines is 1. The quantitative estimate of drug-likeness (QED) is 0.213. The van der Waals surface area contributed by atoms with E-state index in [0.717, 1.165) is 118 Å². The Morgan fingerprint density at radius 2 is 1.65 bits per heavy atom. The Bertz CT molecular complexity index is 1640. The van der Waals surface area contributed by atoms with Gasteiger partial charge in [0.25, 0.3) is 11.5 Å². The maximum absolute atomic E-state index is 13.9. The molecule has 2 saturated heterocycles. The summed E-state index contributed by atoms with van der Waals surface area (Å²) in [6, 6.07) is 15.2. The molecule has 0 radical (unpaired) electrons. The minimum Gasteiger partial charge on any atom is -0.381 e. The van der Waals surface area contributed by atoms with Crippen molar-refractivity contribution in [2.45, 2.75) is 92.3 Å². The fraction of sp³-hybridized carbons (Fsp3) is 0.525. The zero-order valence-electron chi connectivity index (χ0n) is 30.2. The Labute approximate surface area is 292 Å². The average molecular weight is 670 g/mol. The van der Waals surface area contributed by atoms with Crippen LogP contribution in [-0.2, 0) is 22.6 Å². The molecule has 3 aromatic rings. The van der Waals surface area contributed by atoms with Crippen molar-refractivity contribution in [1.82, 2.24) is 20.1 Å². The summed E-state index contributed by atoms with van der Waals surface area (Å²) in [5.74, 6) is 0.1000. The Morgan fingerprint density at radius 3 is 2.31 bits per heavy atom. The van der Waals surface area contributed by atoms with Crippen molar-refractivity contribution in [2.75, 3.05) is 50.8 Å². The number of carbonyl (C=O) groups is 2. The van der Waals surface area contributed by atoms with Gasteiger partial charge in [-0.25, -0.2) is 0 Å². The number of nitrogens with zero attached hydrogens (tertiary/aromatic N) is 3. The summed E-state index contributed by atoms with van der Waals surface area (Å²) in [5.41, 5.74) is 7.95. The number of hydrogen-bond donors (Lipinski definition) is 2. The lowest BCUT2D eigenvalue weighted by Gasteiger charge is -2.37. The van der Waals surface area contributed by atoms with Crippen molar-refractivity contribution in [2.24, 2.45) is 0 Å². The third-order valence-electron chi connectivity index (χ3n) is 10.2. The van der Waals surface area contributed by atoms with Gasteiger partial charge in [0.15, 0.2) is 0 Å². The van der Waals surface area contributed by atoms with Crippen molar-refractivity contribution in [3.8, 4) is 11.1 Å². The molecular weight excluding hydrogens is 614 g/mol. The number of nitrogens with one attached hydrogen (secondary N) is 2. The van der Waals surface area contributed by atoms with Crippen LogP contribution in [0.1, 0.15) is 90.7 Å². The second-order valence-electron chi connectivity index (χ2n) is 13.7. The monoisotopic (exact) mass is 669 g/mol. The topological polar surface area (TPSA) is 98.0 Å². The molecule has 5 rings (SSSR count). The molecule has 0 atom stereocenters. The number of benzene rings is 2. The van der Waals surface area contributed by atoms with Gasteiger partial charge in [-0.05, 0) is 93.0 Å². The summed E-state index contributed by atoms with van der Waals surface area (Å²) < 4.78 is 5.68. The molecule has 2 amide bonds. The van der Waals surface area contributed by atoms with Crippen LogP contribution in [0.5, 0.6) is 0 Å². The van der Waals surface area contributed by atoms with E-state index in [4.69, 9.17) is 4.74 Å². The molecule has 2 N–H and O–H groups in total. The van der Waals surface area contributed by atoms with Crippen molar-refractivity contribution < 1.29 is 14.3 Å². The van der Waals surface area contributed by atoms with Crippen molar-refractivity contribution >= 4 is 17.5 Å². The maximum Gasteiger partial charge on any atom is 0.253 e. The summed E-state index contributed by atoms with van der Waals surface area (Å²) in [7, 11) is 0. The van der Waals surface area contributed by atoms with Gasteiger partial charge in [-0.3, -0.25) is 19.3 Å². The Kier molecular flexibility index (Phi) is 12.7. The molecule has 0 saturated carbocycles. The van der Waals surface area contributed by atoms with Crippen LogP contribution < -0.4 is 15.8 Å². The summed E-state index contributed by atoms with van der Waals surface area (Å²) in [6.07, 6.45) is 5.79. The number of H-pyrrole nitrogens is 1. The molecule has 3 heterocycles. The van der Waals surface area contributed by atoms with Gasteiger partial charge in [-0.2, -0.15) is 0 Å². The number of amides is 2. The predicted molar refractivity (Wildman–Crippen MR) is 197 cm³/mol. The molecule has 264 valence electrons. The number of unbranched alkanes of at least 4 members (excludes halogenated alkanes) is 2. The highest BCUT2D eigenvalue weighted by Gasteiger charge is 2.25. The normalized spacial score (nSPS) is 15.7. The van der Waals surface area contributed by atoms with E-state index in [9.17, 15) is 14.4 Å². The molecule has 0 spiro atoms. The van der Waals surface area contributed by atoms with Crippen LogP contribution in [0.2, 0.25) is 0 Å². The fourth-order valence-electron chi connectivity index (χ4n) is 7.29. The largest absolute Gasteiger partial charge is 0.381 e. The molecule has 9 nitrogen and oxygen atoms in total. The second kappa shape index (κ2) is 17.1. The minimum atomic E-state index is -0.192. The number of pyridine rings is 1. The minimum absolute atomic E-state index is 0.159. The van der Waals surface area contributed by atoms with Crippen LogP contribution in [0, 0.1) is 20.8 Å². The first-order chi connectivity index (χ1) is 23.7. The van der Waals surface area contributed by atoms with E-state index in [0.29, 0.717) is 29.5 Å². The molecule has 2 aromatic carbocycles. The first-order valence-electron chi connectivity index (χ1n) is 18.2. The zero-order valence-corrected chi connectivity index (χ0v) is 30.2. The van der Waals surface area contributed by atoms with Gasteiger partial charge >= 0.3 is 0 Å².